The summed E-state index contributed by atoms with van der Waals surface area (Å²) in [5.74, 6) is 0.630. The Hall–Kier alpha value is -2.42. The zero-order chi connectivity index (χ0) is 18.7. The molecule has 136 valence electrons. The quantitative estimate of drug-likeness (QED) is 0.427. The lowest BCUT2D eigenvalue weighted by Gasteiger charge is -2.20. The summed E-state index contributed by atoms with van der Waals surface area (Å²) < 4.78 is 32.6. The zero-order valence-electron chi connectivity index (χ0n) is 14.1. The molecule has 0 radical (unpaired) electrons. The summed E-state index contributed by atoms with van der Waals surface area (Å²) in [6, 6.07) is 16.9. The number of nitrogen functional groups attached to an aromatic ring is 1. The van der Waals surface area contributed by atoms with Gasteiger partial charge in [0.2, 0.25) is 10.0 Å². The van der Waals surface area contributed by atoms with Gasteiger partial charge in [0.15, 0.2) is 0 Å². The number of sulfonamides is 1. The average molecular weight is 390 g/mol. The van der Waals surface area contributed by atoms with Crippen LogP contribution in [0.4, 0.5) is 0 Å². The van der Waals surface area contributed by atoms with Crippen molar-refractivity contribution in [2.45, 2.75) is 6.10 Å². The molecule has 0 bridgehead atoms. The van der Waals surface area contributed by atoms with E-state index in [1.807, 2.05) is 54.6 Å². The molecular weight excluding hydrogens is 370 g/mol. The summed E-state index contributed by atoms with van der Waals surface area (Å²) in [5.41, 5.74) is 6.46. The maximum absolute atomic E-state index is 11.5. The molecule has 1 heterocycles. The third kappa shape index (κ3) is 4.40. The molecule has 0 aliphatic rings. The predicted octanol–water partition coefficient (Wildman–Crippen LogP) is 2.85. The number of nitrogens with two attached hydrogens (primary N) is 1. The molecule has 0 amide bonds. The number of rotatable bonds is 7. The smallest absolute Gasteiger partial charge is 0.208 e. The molecule has 0 fully saturated rings. The standard InChI is InChI=1S/C18H19N3O3S2/c1-26(22,23)21-11-15(12-6-3-2-4-7-12)24-14-8-5-9-16-13(14)10-17(25-16)18(19)20/h2-10,15,21H,11H2,1H3,(H3,19,20). The van der Waals surface area contributed by atoms with Crippen LogP contribution in [0.15, 0.2) is 54.6 Å². The van der Waals surface area contributed by atoms with Crippen LogP contribution >= 0.6 is 11.3 Å². The lowest BCUT2D eigenvalue weighted by Crippen LogP contribution is -2.29. The number of fused-ring (bicyclic) bond motifs is 1. The van der Waals surface area contributed by atoms with E-state index in [-0.39, 0.29) is 12.4 Å². The molecule has 0 aliphatic carbocycles. The van der Waals surface area contributed by atoms with E-state index in [1.165, 1.54) is 11.3 Å². The van der Waals surface area contributed by atoms with E-state index in [2.05, 4.69) is 4.72 Å². The van der Waals surface area contributed by atoms with Crippen LogP contribution in [0.3, 0.4) is 0 Å². The molecule has 1 unspecified atom stereocenters. The van der Waals surface area contributed by atoms with Crippen molar-refractivity contribution >= 4 is 37.3 Å². The number of hydrogen-bond acceptors (Lipinski definition) is 5. The minimum absolute atomic E-state index is 0.00972. The van der Waals surface area contributed by atoms with E-state index in [1.54, 1.807) is 0 Å². The van der Waals surface area contributed by atoms with Gasteiger partial charge in [0.25, 0.3) is 0 Å². The average Bonchev–Trinajstić information content (AvgIpc) is 3.04. The van der Waals surface area contributed by atoms with Crippen molar-refractivity contribution in [3.05, 3.63) is 65.0 Å². The van der Waals surface area contributed by atoms with Crippen LogP contribution in [0, 0.1) is 5.41 Å². The van der Waals surface area contributed by atoms with Crippen LogP contribution in [0.1, 0.15) is 16.5 Å². The number of amidine groups is 1. The SMILES string of the molecule is CS(=O)(=O)NCC(Oc1cccc2sc(C(=N)N)cc12)c1ccccc1. The van der Waals surface area contributed by atoms with E-state index in [4.69, 9.17) is 15.9 Å². The first-order valence-electron chi connectivity index (χ1n) is 7.86. The van der Waals surface area contributed by atoms with Crippen LogP contribution in [-0.4, -0.2) is 27.1 Å². The summed E-state index contributed by atoms with van der Waals surface area (Å²) >= 11 is 1.42. The molecule has 3 aromatic rings. The van der Waals surface area contributed by atoms with Gasteiger partial charge in [-0.3, -0.25) is 5.41 Å². The van der Waals surface area contributed by atoms with Crippen molar-refractivity contribution in [3.63, 3.8) is 0 Å². The Kier molecular flexibility index (Phi) is 5.26. The Balaban J connectivity index is 1.96. The second-order valence-corrected chi connectivity index (χ2v) is 8.75. The van der Waals surface area contributed by atoms with Gasteiger partial charge in [-0.2, -0.15) is 0 Å². The van der Waals surface area contributed by atoms with Gasteiger partial charge < -0.3 is 10.5 Å². The molecule has 0 spiro atoms. The van der Waals surface area contributed by atoms with E-state index >= 15 is 0 Å². The number of ether oxygens (including phenoxy) is 1. The molecule has 6 nitrogen and oxygen atoms in total. The maximum Gasteiger partial charge on any atom is 0.208 e. The van der Waals surface area contributed by atoms with Gasteiger partial charge in [0.05, 0.1) is 17.7 Å². The van der Waals surface area contributed by atoms with Crippen LogP contribution in [0.25, 0.3) is 10.1 Å². The first-order chi connectivity index (χ1) is 12.3. The fraction of sp³-hybridized carbons (Fsp3) is 0.167. The monoisotopic (exact) mass is 389 g/mol. The van der Waals surface area contributed by atoms with Crippen LogP contribution in [0.2, 0.25) is 0 Å². The molecular formula is C18H19N3O3S2. The van der Waals surface area contributed by atoms with Crippen LogP contribution in [-0.2, 0) is 10.0 Å². The fourth-order valence-corrected chi connectivity index (χ4v) is 3.94. The van der Waals surface area contributed by atoms with Crippen LogP contribution in [0.5, 0.6) is 5.75 Å². The lowest BCUT2D eigenvalue weighted by molar-refractivity contribution is 0.212. The zero-order valence-corrected chi connectivity index (χ0v) is 15.7. The summed E-state index contributed by atoms with van der Waals surface area (Å²) in [5, 5.41) is 8.47. The van der Waals surface area contributed by atoms with Gasteiger partial charge in [0, 0.05) is 10.1 Å². The first kappa shape index (κ1) is 18.4. The fourth-order valence-electron chi connectivity index (χ4n) is 2.55. The molecule has 4 N–H and O–H groups in total. The number of benzene rings is 2. The van der Waals surface area contributed by atoms with Gasteiger partial charge in [-0.1, -0.05) is 36.4 Å². The minimum atomic E-state index is -3.34. The van der Waals surface area contributed by atoms with Crippen molar-refractivity contribution in [2.24, 2.45) is 5.73 Å². The maximum atomic E-state index is 11.5. The van der Waals surface area contributed by atoms with Gasteiger partial charge in [-0.05, 0) is 23.8 Å². The van der Waals surface area contributed by atoms with Gasteiger partial charge in [-0.25, -0.2) is 13.1 Å². The molecule has 3 rings (SSSR count). The van der Waals surface area contributed by atoms with E-state index in [0.29, 0.717) is 10.6 Å². The van der Waals surface area contributed by atoms with Gasteiger partial charge in [-0.15, -0.1) is 11.3 Å². The van der Waals surface area contributed by atoms with E-state index in [0.717, 1.165) is 21.9 Å². The molecule has 0 saturated heterocycles. The predicted molar refractivity (Wildman–Crippen MR) is 105 cm³/mol. The third-order valence-corrected chi connectivity index (χ3v) is 5.58. The molecule has 0 saturated carbocycles. The van der Waals surface area contributed by atoms with Gasteiger partial charge in [0.1, 0.15) is 17.7 Å². The Morgan fingerprint density at radius 2 is 1.96 bits per heavy atom. The second-order valence-electron chi connectivity index (χ2n) is 5.83. The molecule has 1 atom stereocenters. The number of nitrogens with one attached hydrogen (secondary N) is 2. The number of thiophene rings is 1. The Morgan fingerprint density at radius 3 is 2.62 bits per heavy atom. The highest BCUT2D eigenvalue weighted by Gasteiger charge is 2.18. The molecule has 2 aromatic carbocycles. The van der Waals surface area contributed by atoms with Crippen molar-refractivity contribution < 1.29 is 13.2 Å². The molecule has 8 heteroatoms. The largest absolute Gasteiger partial charge is 0.484 e. The molecule has 1 aromatic heterocycles. The van der Waals surface area contributed by atoms with Crippen molar-refractivity contribution in [1.29, 1.82) is 5.41 Å². The minimum Gasteiger partial charge on any atom is -0.484 e. The van der Waals surface area contributed by atoms with Crippen molar-refractivity contribution in [3.8, 4) is 5.75 Å². The molecule has 0 aliphatic heterocycles. The van der Waals surface area contributed by atoms with Crippen molar-refractivity contribution in [1.82, 2.24) is 4.72 Å². The summed E-state index contributed by atoms with van der Waals surface area (Å²) in [4.78, 5) is 0.668. The normalized spacial score (nSPS) is 12.8. The number of hydrogen-bond donors (Lipinski definition) is 3. The highest BCUT2D eigenvalue weighted by molar-refractivity contribution is 7.88. The summed E-state index contributed by atoms with van der Waals surface area (Å²) in [7, 11) is -3.34. The Bertz CT molecular complexity index is 1030. The topological polar surface area (TPSA) is 105 Å². The summed E-state index contributed by atoms with van der Waals surface area (Å²) in [6.45, 7) is 0.114. The van der Waals surface area contributed by atoms with Gasteiger partial charge >= 0.3 is 0 Å². The van der Waals surface area contributed by atoms with Crippen LogP contribution < -0.4 is 15.2 Å². The summed E-state index contributed by atoms with van der Waals surface area (Å²) in [6.07, 6.45) is 0.630. The Morgan fingerprint density at radius 1 is 1.23 bits per heavy atom. The third-order valence-electron chi connectivity index (χ3n) is 3.76. The molecule has 26 heavy (non-hydrogen) atoms. The lowest BCUT2D eigenvalue weighted by atomic mass is 10.1. The highest BCUT2D eigenvalue weighted by atomic mass is 32.2. The van der Waals surface area contributed by atoms with E-state index in [9.17, 15) is 8.42 Å². The van der Waals surface area contributed by atoms with E-state index < -0.39 is 16.1 Å². The Labute approximate surface area is 156 Å². The second kappa shape index (κ2) is 7.45. The van der Waals surface area contributed by atoms with Crippen molar-refractivity contribution in [2.75, 3.05) is 12.8 Å². The highest BCUT2D eigenvalue weighted by Crippen LogP contribution is 2.34. The first-order valence-corrected chi connectivity index (χ1v) is 10.6.